The average Bonchev–Trinajstić information content (AvgIpc) is 2.42. The predicted octanol–water partition coefficient (Wildman–Crippen LogP) is 4.62. The number of halogens is 2. The summed E-state index contributed by atoms with van der Waals surface area (Å²) in [5.41, 5.74) is 2.00. The van der Waals surface area contributed by atoms with Crippen LogP contribution in [-0.4, -0.2) is 10.1 Å². The largest absolute Gasteiger partial charge is 0.506 e. The van der Waals surface area contributed by atoms with Crippen molar-refractivity contribution in [3.63, 3.8) is 0 Å². The SMILES string of the molecule is CCCCc1ccc(O)c(Cc2ccc(Br)cc2F)n1. The van der Waals surface area contributed by atoms with Gasteiger partial charge in [0.25, 0.3) is 0 Å². The summed E-state index contributed by atoms with van der Waals surface area (Å²) in [5.74, 6) is -0.174. The van der Waals surface area contributed by atoms with Crippen molar-refractivity contribution in [1.82, 2.24) is 4.98 Å². The van der Waals surface area contributed by atoms with Gasteiger partial charge in [-0.2, -0.15) is 0 Å². The third-order valence-corrected chi connectivity index (χ3v) is 3.66. The first-order valence-electron chi connectivity index (χ1n) is 6.72. The van der Waals surface area contributed by atoms with Crippen LogP contribution in [0.15, 0.2) is 34.8 Å². The van der Waals surface area contributed by atoms with E-state index in [0.717, 1.165) is 25.0 Å². The Kier molecular flexibility index (Phi) is 5.12. The highest BCUT2D eigenvalue weighted by Gasteiger charge is 2.10. The summed E-state index contributed by atoms with van der Waals surface area (Å²) in [4.78, 5) is 4.44. The van der Waals surface area contributed by atoms with Crippen molar-refractivity contribution in [3.05, 3.63) is 57.6 Å². The van der Waals surface area contributed by atoms with Crippen molar-refractivity contribution in [2.24, 2.45) is 0 Å². The Bertz CT molecular complexity index is 601. The molecule has 1 aromatic heterocycles. The number of pyridine rings is 1. The zero-order valence-electron chi connectivity index (χ0n) is 11.4. The van der Waals surface area contributed by atoms with Crippen LogP contribution >= 0.6 is 15.9 Å². The van der Waals surface area contributed by atoms with Crippen LogP contribution in [0.5, 0.6) is 5.75 Å². The molecule has 1 aromatic carbocycles. The van der Waals surface area contributed by atoms with Crippen LogP contribution in [0.2, 0.25) is 0 Å². The van der Waals surface area contributed by atoms with Gasteiger partial charge in [0.2, 0.25) is 0 Å². The minimum atomic E-state index is -0.292. The van der Waals surface area contributed by atoms with Crippen LogP contribution in [0.3, 0.4) is 0 Å². The van der Waals surface area contributed by atoms with Gasteiger partial charge in [0.05, 0.1) is 5.69 Å². The number of nitrogens with zero attached hydrogens (tertiary/aromatic N) is 1. The highest BCUT2D eigenvalue weighted by molar-refractivity contribution is 9.10. The molecule has 2 rings (SSSR count). The van der Waals surface area contributed by atoms with Gasteiger partial charge in [0.15, 0.2) is 0 Å². The molecule has 20 heavy (non-hydrogen) atoms. The van der Waals surface area contributed by atoms with Crippen molar-refractivity contribution in [3.8, 4) is 5.75 Å². The van der Waals surface area contributed by atoms with Crippen molar-refractivity contribution < 1.29 is 9.50 Å². The van der Waals surface area contributed by atoms with Crippen molar-refractivity contribution in [2.75, 3.05) is 0 Å². The van der Waals surface area contributed by atoms with Crippen molar-refractivity contribution in [2.45, 2.75) is 32.6 Å². The lowest BCUT2D eigenvalue weighted by Crippen LogP contribution is -1.99. The highest BCUT2D eigenvalue weighted by Crippen LogP contribution is 2.22. The molecule has 0 aliphatic carbocycles. The number of hydrogen-bond acceptors (Lipinski definition) is 2. The van der Waals surface area contributed by atoms with Crippen molar-refractivity contribution in [1.29, 1.82) is 0 Å². The quantitative estimate of drug-likeness (QED) is 0.863. The summed E-state index contributed by atoms with van der Waals surface area (Å²) in [5, 5.41) is 9.87. The van der Waals surface area contributed by atoms with Crippen molar-refractivity contribution >= 4 is 15.9 Å². The summed E-state index contributed by atoms with van der Waals surface area (Å²) < 4.78 is 14.5. The molecular weight excluding hydrogens is 321 g/mol. The smallest absolute Gasteiger partial charge is 0.137 e. The fraction of sp³-hybridized carbons (Fsp3) is 0.312. The predicted molar refractivity (Wildman–Crippen MR) is 81.4 cm³/mol. The van der Waals surface area contributed by atoms with E-state index in [1.165, 1.54) is 6.07 Å². The molecule has 0 amide bonds. The Morgan fingerprint density at radius 1 is 1.25 bits per heavy atom. The normalized spacial score (nSPS) is 10.8. The number of benzene rings is 1. The molecule has 106 valence electrons. The van der Waals surface area contributed by atoms with E-state index in [4.69, 9.17) is 0 Å². The molecule has 4 heteroatoms. The van der Waals surface area contributed by atoms with E-state index in [-0.39, 0.29) is 11.6 Å². The molecule has 0 saturated carbocycles. The molecule has 2 nitrogen and oxygen atoms in total. The molecule has 0 saturated heterocycles. The maximum absolute atomic E-state index is 13.8. The first-order chi connectivity index (χ1) is 9.60. The molecule has 0 bridgehead atoms. The van der Waals surface area contributed by atoms with E-state index in [9.17, 15) is 9.50 Å². The molecule has 0 atom stereocenters. The summed E-state index contributed by atoms with van der Waals surface area (Å²) in [6, 6.07) is 8.39. The summed E-state index contributed by atoms with van der Waals surface area (Å²) in [6.45, 7) is 2.12. The Morgan fingerprint density at radius 3 is 2.75 bits per heavy atom. The van der Waals surface area contributed by atoms with Crippen LogP contribution in [0.1, 0.15) is 36.7 Å². The van der Waals surface area contributed by atoms with Gasteiger partial charge in [-0.25, -0.2) is 4.39 Å². The zero-order valence-corrected chi connectivity index (χ0v) is 13.0. The number of aromatic nitrogens is 1. The first kappa shape index (κ1) is 15.0. The van der Waals surface area contributed by atoms with E-state index >= 15 is 0 Å². The van der Waals surface area contributed by atoms with Crippen LogP contribution in [-0.2, 0) is 12.8 Å². The number of rotatable bonds is 5. The van der Waals surface area contributed by atoms with E-state index in [1.807, 2.05) is 6.07 Å². The topological polar surface area (TPSA) is 33.1 Å². The van der Waals surface area contributed by atoms with Gasteiger partial charge in [-0.3, -0.25) is 4.98 Å². The minimum Gasteiger partial charge on any atom is -0.506 e. The number of hydrogen-bond donors (Lipinski definition) is 1. The third-order valence-electron chi connectivity index (χ3n) is 3.17. The Labute approximate surface area is 126 Å². The van der Waals surface area contributed by atoms with Crippen LogP contribution in [0.4, 0.5) is 4.39 Å². The minimum absolute atomic E-state index is 0.118. The third kappa shape index (κ3) is 3.79. The fourth-order valence-corrected chi connectivity index (χ4v) is 2.35. The second kappa shape index (κ2) is 6.84. The summed E-state index contributed by atoms with van der Waals surface area (Å²) in [6.07, 6.45) is 3.33. The first-order valence-corrected chi connectivity index (χ1v) is 7.51. The molecule has 0 spiro atoms. The molecule has 1 N–H and O–H groups in total. The van der Waals surface area contributed by atoms with Gasteiger partial charge < -0.3 is 5.11 Å². The van der Waals surface area contributed by atoms with Crippen LogP contribution < -0.4 is 0 Å². The van der Waals surface area contributed by atoms with Gasteiger partial charge in [0, 0.05) is 16.6 Å². The van der Waals surface area contributed by atoms with Gasteiger partial charge in [-0.05, 0) is 42.7 Å². The number of unbranched alkanes of at least 4 members (excludes halogenated alkanes) is 1. The Morgan fingerprint density at radius 2 is 2.05 bits per heavy atom. The Hall–Kier alpha value is -1.42. The number of aryl methyl sites for hydroxylation is 1. The van der Waals surface area contributed by atoms with Gasteiger partial charge in [0.1, 0.15) is 11.6 Å². The number of aromatic hydroxyl groups is 1. The lowest BCUT2D eigenvalue weighted by Gasteiger charge is -2.08. The standard InChI is InChI=1S/C16H17BrFNO/c1-2-3-4-13-7-8-16(20)15(19-13)9-11-5-6-12(17)10-14(11)18/h5-8,10,20H,2-4,9H2,1H3. The molecule has 0 fully saturated rings. The van der Waals surface area contributed by atoms with E-state index in [0.29, 0.717) is 22.2 Å². The van der Waals surface area contributed by atoms with Crippen LogP contribution in [0, 0.1) is 5.82 Å². The van der Waals surface area contributed by atoms with E-state index in [1.54, 1.807) is 18.2 Å². The second-order valence-electron chi connectivity index (χ2n) is 4.78. The second-order valence-corrected chi connectivity index (χ2v) is 5.70. The highest BCUT2D eigenvalue weighted by atomic mass is 79.9. The molecular formula is C16H17BrFNO. The zero-order chi connectivity index (χ0) is 14.5. The van der Waals surface area contributed by atoms with E-state index < -0.39 is 0 Å². The molecule has 0 aliphatic heterocycles. The maximum Gasteiger partial charge on any atom is 0.137 e. The fourth-order valence-electron chi connectivity index (χ4n) is 2.01. The lowest BCUT2D eigenvalue weighted by molar-refractivity contribution is 0.464. The molecule has 1 heterocycles. The maximum atomic E-state index is 13.8. The summed E-state index contributed by atoms with van der Waals surface area (Å²) >= 11 is 3.23. The molecule has 0 radical (unpaired) electrons. The molecule has 0 aliphatic rings. The Balaban J connectivity index is 2.23. The lowest BCUT2D eigenvalue weighted by atomic mass is 10.1. The average molecular weight is 338 g/mol. The van der Waals surface area contributed by atoms with E-state index in [2.05, 4.69) is 27.8 Å². The van der Waals surface area contributed by atoms with Gasteiger partial charge in [-0.1, -0.05) is 35.3 Å². The molecule has 2 aromatic rings. The summed E-state index contributed by atoms with van der Waals surface area (Å²) in [7, 11) is 0. The molecule has 0 unspecified atom stereocenters. The van der Waals surface area contributed by atoms with Gasteiger partial charge in [-0.15, -0.1) is 0 Å². The van der Waals surface area contributed by atoms with Gasteiger partial charge >= 0.3 is 0 Å². The monoisotopic (exact) mass is 337 g/mol. The van der Waals surface area contributed by atoms with Crippen LogP contribution in [0.25, 0.3) is 0 Å².